The Morgan fingerprint density at radius 3 is 2.82 bits per heavy atom. The Morgan fingerprint density at radius 1 is 1.18 bits per heavy atom. The van der Waals surface area contributed by atoms with Gasteiger partial charge < -0.3 is 9.73 Å². The molecule has 1 N–H and O–H groups in total. The van der Waals surface area contributed by atoms with Crippen LogP contribution in [0.2, 0.25) is 0 Å². The van der Waals surface area contributed by atoms with Crippen LogP contribution in [0.1, 0.15) is 15.9 Å². The Hall–Kier alpha value is -2.95. The van der Waals surface area contributed by atoms with E-state index in [4.69, 9.17) is 4.42 Å². The molecule has 0 saturated carbocycles. The van der Waals surface area contributed by atoms with Crippen LogP contribution >= 0.6 is 0 Å². The van der Waals surface area contributed by atoms with Gasteiger partial charge in [0.05, 0.1) is 18.1 Å². The van der Waals surface area contributed by atoms with Crippen molar-refractivity contribution in [3.05, 3.63) is 78.3 Å². The van der Waals surface area contributed by atoms with Crippen molar-refractivity contribution in [3.8, 4) is 11.1 Å². The molecule has 0 saturated heterocycles. The minimum absolute atomic E-state index is 0.0291. The van der Waals surface area contributed by atoms with Gasteiger partial charge in [-0.2, -0.15) is 0 Å². The van der Waals surface area contributed by atoms with E-state index in [1.807, 2.05) is 12.1 Å². The number of nitrogens with zero attached hydrogens (tertiary/aromatic N) is 1. The highest BCUT2D eigenvalue weighted by molar-refractivity contribution is 5.94. The van der Waals surface area contributed by atoms with Crippen molar-refractivity contribution in [2.24, 2.45) is 0 Å². The smallest absolute Gasteiger partial charge is 0.254 e. The number of hydrogen-bond donors (Lipinski definition) is 1. The molecule has 0 spiro atoms. The number of rotatable bonds is 4. The number of aromatic nitrogens is 1. The van der Waals surface area contributed by atoms with Crippen LogP contribution in [0.3, 0.4) is 0 Å². The number of nitrogens with one attached hydrogen (secondary N) is 1. The van der Waals surface area contributed by atoms with Crippen molar-refractivity contribution in [1.82, 2.24) is 10.3 Å². The Bertz CT molecular complexity index is 785. The lowest BCUT2D eigenvalue weighted by atomic mass is 10.1. The molecule has 2 heterocycles. The highest BCUT2D eigenvalue weighted by atomic mass is 19.1. The van der Waals surface area contributed by atoms with Gasteiger partial charge in [0.25, 0.3) is 5.91 Å². The van der Waals surface area contributed by atoms with Gasteiger partial charge in [0.1, 0.15) is 5.82 Å². The predicted octanol–water partition coefficient (Wildman–Crippen LogP) is 3.41. The number of carbonyl (C=O) groups excluding carboxylic acids is 1. The zero-order valence-electron chi connectivity index (χ0n) is 11.6. The van der Waals surface area contributed by atoms with E-state index in [-0.39, 0.29) is 12.1 Å². The fourth-order valence-electron chi connectivity index (χ4n) is 2.09. The highest BCUT2D eigenvalue weighted by Crippen LogP contribution is 2.19. The molecule has 110 valence electrons. The molecule has 3 aromatic rings. The number of carbonyl (C=O) groups is 1. The zero-order chi connectivity index (χ0) is 15.4. The molecule has 0 atom stereocenters. The van der Waals surface area contributed by atoms with Crippen LogP contribution in [0.25, 0.3) is 11.1 Å². The molecule has 4 nitrogen and oxygen atoms in total. The minimum atomic E-state index is -0.537. The second-order valence-electron chi connectivity index (χ2n) is 4.76. The number of hydrogen-bond acceptors (Lipinski definition) is 3. The van der Waals surface area contributed by atoms with Crippen LogP contribution in [0.15, 0.2) is 65.7 Å². The largest absolute Gasteiger partial charge is 0.472 e. The summed E-state index contributed by atoms with van der Waals surface area (Å²) in [5, 5.41) is 2.69. The summed E-state index contributed by atoms with van der Waals surface area (Å²) < 4.78 is 18.6. The van der Waals surface area contributed by atoms with E-state index in [0.29, 0.717) is 0 Å². The molecule has 0 bridgehead atoms. The van der Waals surface area contributed by atoms with E-state index in [1.54, 1.807) is 37.1 Å². The summed E-state index contributed by atoms with van der Waals surface area (Å²) in [6.45, 7) is 0.270. The van der Waals surface area contributed by atoms with Gasteiger partial charge >= 0.3 is 0 Å². The maximum Gasteiger partial charge on any atom is 0.254 e. The van der Waals surface area contributed by atoms with Crippen molar-refractivity contribution in [2.75, 3.05) is 0 Å². The second-order valence-corrected chi connectivity index (χ2v) is 4.76. The van der Waals surface area contributed by atoms with Crippen LogP contribution in [0, 0.1) is 5.82 Å². The van der Waals surface area contributed by atoms with Crippen LogP contribution in [-0.2, 0) is 6.54 Å². The summed E-state index contributed by atoms with van der Waals surface area (Å²) >= 11 is 0. The molecule has 5 heteroatoms. The van der Waals surface area contributed by atoms with Gasteiger partial charge in [-0.05, 0) is 29.8 Å². The Labute approximate surface area is 126 Å². The number of amides is 1. The molecule has 0 aliphatic carbocycles. The van der Waals surface area contributed by atoms with E-state index in [9.17, 15) is 9.18 Å². The maximum absolute atomic E-state index is 13.5. The fourth-order valence-corrected chi connectivity index (χ4v) is 2.09. The third kappa shape index (κ3) is 3.03. The van der Waals surface area contributed by atoms with E-state index in [1.165, 1.54) is 12.1 Å². The maximum atomic E-state index is 13.5. The minimum Gasteiger partial charge on any atom is -0.472 e. The first-order chi connectivity index (χ1) is 10.7. The van der Waals surface area contributed by atoms with Gasteiger partial charge in [-0.25, -0.2) is 4.39 Å². The summed E-state index contributed by atoms with van der Waals surface area (Å²) in [5.41, 5.74) is 2.66. The van der Waals surface area contributed by atoms with Gasteiger partial charge in [-0.15, -0.1) is 0 Å². The van der Waals surface area contributed by atoms with E-state index in [2.05, 4.69) is 10.3 Å². The van der Waals surface area contributed by atoms with Crippen LogP contribution in [-0.4, -0.2) is 10.9 Å². The zero-order valence-corrected chi connectivity index (χ0v) is 11.6. The molecule has 0 aliphatic rings. The molecule has 2 aromatic heterocycles. The molecule has 0 radical (unpaired) electrons. The van der Waals surface area contributed by atoms with Gasteiger partial charge in [0, 0.05) is 30.1 Å². The van der Waals surface area contributed by atoms with Crippen molar-refractivity contribution in [1.29, 1.82) is 0 Å². The van der Waals surface area contributed by atoms with Crippen molar-refractivity contribution >= 4 is 5.91 Å². The summed E-state index contributed by atoms with van der Waals surface area (Å²) in [6, 6.07) is 9.61. The predicted molar refractivity (Wildman–Crippen MR) is 79.5 cm³/mol. The lowest BCUT2D eigenvalue weighted by Gasteiger charge is -2.07. The molecule has 0 aliphatic heterocycles. The first kappa shape index (κ1) is 14.0. The quantitative estimate of drug-likeness (QED) is 0.802. The molecule has 22 heavy (non-hydrogen) atoms. The van der Waals surface area contributed by atoms with Gasteiger partial charge in [0.2, 0.25) is 0 Å². The fraction of sp³-hybridized carbons (Fsp3) is 0.0588. The molecule has 1 amide bonds. The van der Waals surface area contributed by atoms with Gasteiger partial charge in [0.15, 0.2) is 0 Å². The number of pyridine rings is 1. The van der Waals surface area contributed by atoms with Crippen molar-refractivity contribution in [3.63, 3.8) is 0 Å². The van der Waals surface area contributed by atoms with Crippen LogP contribution < -0.4 is 5.32 Å². The summed E-state index contributed by atoms with van der Waals surface area (Å²) in [7, 11) is 0. The van der Waals surface area contributed by atoms with Crippen molar-refractivity contribution in [2.45, 2.75) is 6.54 Å². The highest BCUT2D eigenvalue weighted by Gasteiger charge is 2.10. The molecular weight excluding hydrogens is 283 g/mol. The summed E-state index contributed by atoms with van der Waals surface area (Å²) in [4.78, 5) is 16.1. The number of benzene rings is 1. The van der Waals surface area contributed by atoms with E-state index < -0.39 is 11.7 Å². The molecule has 0 fully saturated rings. The third-order valence-electron chi connectivity index (χ3n) is 3.22. The SMILES string of the molecule is O=C(NCc1cncc(-c2ccoc2)c1)c1ccccc1F. The van der Waals surface area contributed by atoms with E-state index >= 15 is 0 Å². The van der Waals surface area contributed by atoms with Gasteiger partial charge in [-0.3, -0.25) is 9.78 Å². The topological polar surface area (TPSA) is 55.1 Å². The number of furan rings is 1. The Balaban J connectivity index is 1.71. The average molecular weight is 296 g/mol. The molecule has 0 unspecified atom stereocenters. The lowest BCUT2D eigenvalue weighted by Crippen LogP contribution is -2.23. The molecule has 1 aromatic carbocycles. The molecular formula is C17H13FN2O2. The normalized spacial score (nSPS) is 10.4. The number of halogens is 1. The van der Waals surface area contributed by atoms with Crippen molar-refractivity contribution < 1.29 is 13.6 Å². The van der Waals surface area contributed by atoms with Crippen LogP contribution in [0.4, 0.5) is 4.39 Å². The standard InChI is InChI=1S/C17H13FN2O2/c18-16-4-2-1-3-15(16)17(21)20-9-12-7-14(10-19-8-12)13-5-6-22-11-13/h1-8,10-11H,9H2,(H,20,21). The molecule has 3 rings (SSSR count). The monoisotopic (exact) mass is 296 g/mol. The lowest BCUT2D eigenvalue weighted by molar-refractivity contribution is 0.0947. The Morgan fingerprint density at radius 2 is 2.05 bits per heavy atom. The summed E-state index contributed by atoms with van der Waals surface area (Å²) in [6.07, 6.45) is 6.58. The van der Waals surface area contributed by atoms with Gasteiger partial charge in [-0.1, -0.05) is 12.1 Å². The Kier molecular flexibility index (Phi) is 3.96. The first-order valence-corrected chi connectivity index (χ1v) is 6.73. The average Bonchev–Trinajstić information content (AvgIpc) is 3.08. The first-order valence-electron chi connectivity index (χ1n) is 6.73. The van der Waals surface area contributed by atoms with E-state index in [0.717, 1.165) is 16.7 Å². The third-order valence-corrected chi connectivity index (χ3v) is 3.22. The second kappa shape index (κ2) is 6.22. The summed E-state index contributed by atoms with van der Waals surface area (Å²) in [5.74, 6) is -0.989. The van der Waals surface area contributed by atoms with Crippen LogP contribution in [0.5, 0.6) is 0 Å².